The number of anilines is 2. The molecule has 2 heterocycles. The van der Waals surface area contributed by atoms with Crippen LogP contribution in [-0.2, 0) is 9.59 Å². The van der Waals surface area contributed by atoms with Crippen molar-refractivity contribution in [2.45, 2.75) is 0 Å². The normalized spacial score (nSPS) is 14.3. The van der Waals surface area contributed by atoms with Crippen LogP contribution in [0.1, 0.15) is 4.88 Å². The van der Waals surface area contributed by atoms with Crippen molar-refractivity contribution in [2.75, 3.05) is 30.2 Å². The van der Waals surface area contributed by atoms with E-state index in [1.165, 1.54) is 23.3 Å². The second-order valence-corrected chi connectivity index (χ2v) is 9.29. The van der Waals surface area contributed by atoms with E-state index < -0.39 is 0 Å². The third-order valence-electron chi connectivity index (χ3n) is 4.75. The van der Waals surface area contributed by atoms with Crippen LogP contribution in [0.15, 0.2) is 70.7 Å². The Morgan fingerprint density at radius 1 is 1.18 bits per heavy atom. The summed E-state index contributed by atoms with van der Waals surface area (Å²) in [5.74, 6) is 0.730. The number of thiophene rings is 1. The minimum atomic E-state index is -0.298. The Hall–Kier alpha value is -3.27. The summed E-state index contributed by atoms with van der Waals surface area (Å²) in [4.78, 5) is 32.7. The van der Waals surface area contributed by atoms with Gasteiger partial charge in [-0.3, -0.25) is 14.5 Å². The van der Waals surface area contributed by atoms with Crippen molar-refractivity contribution in [2.24, 2.45) is 4.99 Å². The smallest absolute Gasteiger partial charge is 0.283 e. The largest absolute Gasteiger partial charge is 0.497 e. The molecule has 0 spiro atoms. The van der Waals surface area contributed by atoms with Gasteiger partial charge in [-0.2, -0.15) is 0 Å². The highest BCUT2D eigenvalue weighted by atomic mass is 35.5. The molecule has 0 saturated carbocycles. The molecule has 10 heteroatoms. The van der Waals surface area contributed by atoms with Crippen molar-refractivity contribution in [3.63, 3.8) is 0 Å². The van der Waals surface area contributed by atoms with Crippen molar-refractivity contribution >= 4 is 69.1 Å². The maximum Gasteiger partial charge on any atom is 0.283 e. The number of thioether (sulfide) groups is 1. The Morgan fingerprint density at radius 3 is 2.62 bits per heavy atom. The predicted molar refractivity (Wildman–Crippen MR) is 139 cm³/mol. The third kappa shape index (κ3) is 5.44. The fourth-order valence-electron chi connectivity index (χ4n) is 3.12. The number of methoxy groups -OCH3 is 2. The van der Waals surface area contributed by atoms with Crippen LogP contribution in [0.4, 0.5) is 11.4 Å². The lowest BCUT2D eigenvalue weighted by Crippen LogP contribution is -2.31. The molecule has 3 aromatic rings. The first kappa shape index (κ1) is 23.9. The van der Waals surface area contributed by atoms with Crippen LogP contribution in [0.2, 0.25) is 5.02 Å². The van der Waals surface area contributed by atoms with Gasteiger partial charge in [-0.25, -0.2) is 4.99 Å². The summed E-state index contributed by atoms with van der Waals surface area (Å²) in [6, 6.07) is 15.9. The van der Waals surface area contributed by atoms with E-state index in [0.29, 0.717) is 33.1 Å². The molecule has 0 radical (unpaired) electrons. The Labute approximate surface area is 210 Å². The second-order valence-electron chi connectivity index (χ2n) is 6.96. The number of benzene rings is 2. The molecule has 1 aromatic heterocycles. The lowest BCUT2D eigenvalue weighted by Gasteiger charge is -2.18. The van der Waals surface area contributed by atoms with Gasteiger partial charge in [0.05, 0.1) is 30.7 Å². The summed E-state index contributed by atoms with van der Waals surface area (Å²) in [5.41, 5.74) is 1.47. The summed E-state index contributed by atoms with van der Waals surface area (Å²) in [6.45, 7) is 0. The number of rotatable bonds is 7. The number of ether oxygens (including phenoxy) is 2. The average molecular weight is 514 g/mol. The number of amidine groups is 1. The molecular formula is C24H20ClN3O4S2. The van der Waals surface area contributed by atoms with Gasteiger partial charge in [-0.1, -0.05) is 29.4 Å². The van der Waals surface area contributed by atoms with Crippen LogP contribution in [0.25, 0.3) is 6.08 Å². The zero-order chi connectivity index (χ0) is 24.1. The van der Waals surface area contributed by atoms with Gasteiger partial charge in [0.2, 0.25) is 5.91 Å². The van der Waals surface area contributed by atoms with Crippen molar-refractivity contribution < 1.29 is 19.1 Å². The maximum absolute atomic E-state index is 13.3. The van der Waals surface area contributed by atoms with Gasteiger partial charge >= 0.3 is 0 Å². The van der Waals surface area contributed by atoms with Gasteiger partial charge in [-0.05, 0) is 60.0 Å². The third-order valence-corrected chi connectivity index (χ3v) is 6.80. The molecule has 34 heavy (non-hydrogen) atoms. The Bertz CT molecular complexity index is 1260. The van der Waals surface area contributed by atoms with E-state index in [4.69, 9.17) is 21.1 Å². The van der Waals surface area contributed by atoms with Crippen molar-refractivity contribution in [1.29, 1.82) is 0 Å². The Morgan fingerprint density at radius 2 is 1.97 bits per heavy atom. The van der Waals surface area contributed by atoms with E-state index in [1.807, 2.05) is 17.5 Å². The number of nitrogens with one attached hydrogen (secondary N) is 1. The zero-order valence-electron chi connectivity index (χ0n) is 18.3. The number of hydrogen-bond donors (Lipinski definition) is 1. The Kier molecular flexibility index (Phi) is 7.56. The highest BCUT2D eigenvalue weighted by Crippen LogP contribution is 2.34. The van der Waals surface area contributed by atoms with E-state index in [-0.39, 0.29) is 23.3 Å². The molecule has 7 nitrogen and oxygen atoms in total. The van der Waals surface area contributed by atoms with Gasteiger partial charge in [0, 0.05) is 10.6 Å². The molecule has 2 amide bonds. The quantitative estimate of drug-likeness (QED) is 0.420. The van der Waals surface area contributed by atoms with Crippen molar-refractivity contribution in [3.05, 3.63) is 75.6 Å². The molecule has 0 atom stereocenters. The molecule has 174 valence electrons. The van der Waals surface area contributed by atoms with Gasteiger partial charge in [-0.15, -0.1) is 11.3 Å². The Balaban J connectivity index is 1.55. The molecule has 0 saturated heterocycles. The van der Waals surface area contributed by atoms with Gasteiger partial charge in [0.1, 0.15) is 17.2 Å². The van der Waals surface area contributed by atoms with Gasteiger partial charge in [0.25, 0.3) is 5.91 Å². The van der Waals surface area contributed by atoms with Crippen LogP contribution in [0.3, 0.4) is 0 Å². The summed E-state index contributed by atoms with van der Waals surface area (Å²) >= 11 is 8.97. The SMILES string of the molecule is COc1ccc(NC(=O)CSC2=N/C(=C/c3cccs3)C(=O)N2c2ccc(OC)c(Cl)c2)cc1. The lowest BCUT2D eigenvalue weighted by molar-refractivity contribution is -0.114. The van der Waals surface area contributed by atoms with Gasteiger partial charge < -0.3 is 14.8 Å². The van der Waals surface area contributed by atoms with Crippen LogP contribution in [0, 0.1) is 0 Å². The minimum absolute atomic E-state index is 0.0603. The topological polar surface area (TPSA) is 80.2 Å². The monoisotopic (exact) mass is 513 g/mol. The number of aliphatic imine (C=N–C) groups is 1. The zero-order valence-corrected chi connectivity index (χ0v) is 20.7. The van der Waals surface area contributed by atoms with Crippen LogP contribution in [0.5, 0.6) is 11.5 Å². The minimum Gasteiger partial charge on any atom is -0.497 e. The van der Waals surface area contributed by atoms with Crippen LogP contribution in [-0.4, -0.2) is 37.0 Å². The van der Waals surface area contributed by atoms with E-state index in [1.54, 1.807) is 55.7 Å². The molecule has 0 fully saturated rings. The number of carbonyl (C=O) groups is 2. The predicted octanol–water partition coefficient (Wildman–Crippen LogP) is 5.53. The number of hydrogen-bond acceptors (Lipinski definition) is 7. The number of nitrogens with zero attached hydrogens (tertiary/aromatic N) is 2. The molecule has 1 aliphatic heterocycles. The summed E-state index contributed by atoms with van der Waals surface area (Å²) < 4.78 is 10.3. The molecule has 2 aromatic carbocycles. The van der Waals surface area contributed by atoms with Crippen LogP contribution < -0.4 is 19.7 Å². The molecule has 0 unspecified atom stereocenters. The van der Waals surface area contributed by atoms with Gasteiger partial charge in [0.15, 0.2) is 5.17 Å². The van der Waals surface area contributed by atoms with E-state index >= 15 is 0 Å². The summed E-state index contributed by atoms with van der Waals surface area (Å²) in [5, 5.41) is 5.51. The van der Waals surface area contributed by atoms with Crippen molar-refractivity contribution in [3.8, 4) is 11.5 Å². The summed E-state index contributed by atoms with van der Waals surface area (Å²) in [6.07, 6.45) is 1.73. The molecule has 0 bridgehead atoms. The molecule has 1 aliphatic rings. The highest BCUT2D eigenvalue weighted by molar-refractivity contribution is 8.14. The van der Waals surface area contributed by atoms with Crippen molar-refractivity contribution in [1.82, 2.24) is 0 Å². The highest BCUT2D eigenvalue weighted by Gasteiger charge is 2.33. The molecule has 1 N–H and O–H groups in total. The van der Waals surface area contributed by atoms with E-state index in [2.05, 4.69) is 10.3 Å². The standard InChI is InChI=1S/C24H20ClN3O4S2/c1-31-17-8-5-15(6-9-17)26-22(29)14-34-24-27-20(13-18-4-3-11-33-18)23(30)28(24)16-7-10-21(32-2)19(25)12-16/h3-13H,14H2,1-2H3,(H,26,29)/b20-13+. The molecule has 4 rings (SSSR count). The number of carbonyl (C=O) groups excluding carboxylic acids is 2. The maximum atomic E-state index is 13.3. The van der Waals surface area contributed by atoms with Crippen LogP contribution >= 0.6 is 34.7 Å². The fraction of sp³-hybridized carbons (Fsp3) is 0.125. The first-order valence-corrected chi connectivity index (χ1v) is 12.3. The molecular weight excluding hydrogens is 494 g/mol. The van der Waals surface area contributed by atoms with E-state index in [9.17, 15) is 9.59 Å². The number of amides is 2. The first-order chi connectivity index (χ1) is 16.5. The summed E-state index contributed by atoms with van der Waals surface area (Å²) in [7, 11) is 3.10. The average Bonchev–Trinajstić information content (AvgIpc) is 3.46. The number of halogens is 1. The van der Waals surface area contributed by atoms with E-state index in [0.717, 1.165) is 16.6 Å². The first-order valence-electron chi connectivity index (χ1n) is 10.1. The second kappa shape index (κ2) is 10.8. The molecule has 0 aliphatic carbocycles. The fourth-order valence-corrected chi connectivity index (χ4v) is 4.84. The lowest BCUT2D eigenvalue weighted by atomic mass is 10.2.